The van der Waals surface area contributed by atoms with Gasteiger partial charge in [-0.3, -0.25) is 9.59 Å². The van der Waals surface area contributed by atoms with Gasteiger partial charge in [0, 0.05) is 0 Å². The number of nitrogens with zero attached hydrogens (tertiary/aromatic N) is 1. The number of hydrazone groups is 1. The molecule has 0 aliphatic carbocycles. The maximum atomic E-state index is 11.1. The van der Waals surface area contributed by atoms with Crippen molar-refractivity contribution in [3.05, 3.63) is 35.9 Å². The van der Waals surface area contributed by atoms with Gasteiger partial charge in [0.15, 0.2) is 0 Å². The Kier molecular flexibility index (Phi) is 5.05. The molecule has 0 bridgehead atoms. The Bertz CT molecular complexity index is 453. The van der Waals surface area contributed by atoms with Gasteiger partial charge in [0.2, 0.25) is 0 Å². The summed E-state index contributed by atoms with van der Waals surface area (Å²) in [6.07, 6.45) is 0.697. The first kappa shape index (κ1) is 13.9. The maximum Gasteiger partial charge on any atom is 0.329 e. The predicted octanol–water partition coefficient (Wildman–Crippen LogP) is 1.04. The topological polar surface area (TPSA) is 84.6 Å². The molecule has 0 heterocycles. The Labute approximate surface area is 106 Å². The number of hydrogen-bond acceptors (Lipinski definition) is 3. The van der Waals surface area contributed by atoms with Gasteiger partial charge in [0.05, 0.1) is 5.71 Å². The zero-order valence-corrected chi connectivity index (χ0v) is 10.5. The fourth-order valence-electron chi connectivity index (χ4n) is 1.42. The van der Waals surface area contributed by atoms with Gasteiger partial charge >= 0.3 is 11.8 Å². The second-order valence-electron chi connectivity index (χ2n) is 4.33. The molecule has 0 aromatic heterocycles. The van der Waals surface area contributed by atoms with Crippen molar-refractivity contribution in [3.8, 4) is 0 Å². The van der Waals surface area contributed by atoms with E-state index in [-0.39, 0.29) is 0 Å². The highest BCUT2D eigenvalue weighted by Crippen LogP contribution is 2.09. The highest BCUT2D eigenvalue weighted by Gasteiger charge is 2.10. The molecular formula is C13H17N3O2. The maximum absolute atomic E-state index is 11.1. The van der Waals surface area contributed by atoms with E-state index >= 15 is 0 Å². The summed E-state index contributed by atoms with van der Waals surface area (Å²) < 4.78 is 0. The largest absolute Gasteiger partial charge is 0.361 e. The molecule has 0 saturated carbocycles. The van der Waals surface area contributed by atoms with Crippen LogP contribution in [0.25, 0.3) is 0 Å². The number of rotatable bonds is 4. The van der Waals surface area contributed by atoms with Gasteiger partial charge < -0.3 is 5.73 Å². The number of carbonyl (C=O) groups excluding carboxylic acids is 2. The molecule has 5 nitrogen and oxygen atoms in total. The quantitative estimate of drug-likeness (QED) is 0.473. The minimum absolute atomic E-state index is 0.384. The molecule has 96 valence electrons. The first-order chi connectivity index (χ1) is 8.50. The average molecular weight is 247 g/mol. The van der Waals surface area contributed by atoms with Gasteiger partial charge in [-0.2, -0.15) is 5.10 Å². The SMILES string of the molecule is CC(C)C/C(=N/NC(=O)C(N)=O)c1ccccc1. The molecule has 1 aromatic rings. The van der Waals surface area contributed by atoms with Crippen LogP contribution in [0.15, 0.2) is 35.4 Å². The van der Waals surface area contributed by atoms with Crippen LogP contribution < -0.4 is 11.2 Å². The van der Waals surface area contributed by atoms with Crippen molar-refractivity contribution < 1.29 is 9.59 Å². The minimum Gasteiger partial charge on any atom is -0.361 e. The van der Waals surface area contributed by atoms with Crippen LogP contribution in [-0.4, -0.2) is 17.5 Å². The molecule has 1 rings (SSSR count). The molecule has 0 radical (unpaired) electrons. The van der Waals surface area contributed by atoms with E-state index in [1.54, 1.807) is 0 Å². The highest BCUT2D eigenvalue weighted by atomic mass is 16.2. The van der Waals surface area contributed by atoms with Gasteiger partial charge in [-0.15, -0.1) is 0 Å². The Morgan fingerprint density at radius 1 is 1.28 bits per heavy atom. The summed E-state index contributed by atoms with van der Waals surface area (Å²) in [4.78, 5) is 21.7. The molecule has 2 amide bonds. The second kappa shape index (κ2) is 6.54. The summed E-state index contributed by atoms with van der Waals surface area (Å²) in [5, 5.41) is 3.97. The molecule has 5 heteroatoms. The fourth-order valence-corrected chi connectivity index (χ4v) is 1.42. The zero-order chi connectivity index (χ0) is 13.5. The number of carbonyl (C=O) groups is 2. The number of nitrogens with two attached hydrogens (primary N) is 1. The van der Waals surface area contributed by atoms with Crippen LogP contribution in [0.5, 0.6) is 0 Å². The lowest BCUT2D eigenvalue weighted by Gasteiger charge is -2.09. The third kappa shape index (κ3) is 4.37. The fraction of sp³-hybridized carbons (Fsp3) is 0.308. The molecule has 0 aliphatic heterocycles. The van der Waals surface area contributed by atoms with Crippen molar-refractivity contribution in [2.45, 2.75) is 20.3 Å². The van der Waals surface area contributed by atoms with Crippen molar-refractivity contribution >= 4 is 17.5 Å². The third-order valence-corrected chi connectivity index (χ3v) is 2.22. The van der Waals surface area contributed by atoms with Crippen molar-refractivity contribution in [1.82, 2.24) is 5.43 Å². The van der Waals surface area contributed by atoms with Crippen LogP contribution in [0.2, 0.25) is 0 Å². The number of nitrogens with one attached hydrogen (secondary N) is 1. The van der Waals surface area contributed by atoms with Crippen LogP contribution >= 0.6 is 0 Å². The summed E-state index contributed by atoms with van der Waals surface area (Å²) in [5.41, 5.74) is 8.64. The first-order valence-electron chi connectivity index (χ1n) is 5.72. The van der Waals surface area contributed by atoms with Crippen molar-refractivity contribution in [3.63, 3.8) is 0 Å². The standard InChI is InChI=1S/C13H17N3O2/c1-9(2)8-11(10-6-4-3-5-7-10)15-16-13(18)12(14)17/h3-7,9H,8H2,1-2H3,(H2,14,17)(H,16,18)/b15-11-. The molecule has 0 unspecified atom stereocenters. The number of benzene rings is 1. The number of hydrogen-bond donors (Lipinski definition) is 2. The molecule has 0 fully saturated rings. The molecule has 0 aliphatic rings. The summed E-state index contributed by atoms with van der Waals surface area (Å²) in [6, 6.07) is 9.48. The second-order valence-corrected chi connectivity index (χ2v) is 4.33. The lowest BCUT2D eigenvalue weighted by molar-refractivity contribution is -0.137. The van der Waals surface area contributed by atoms with E-state index in [1.807, 2.05) is 44.2 Å². The van der Waals surface area contributed by atoms with E-state index in [2.05, 4.69) is 10.5 Å². The normalized spacial score (nSPS) is 11.4. The van der Waals surface area contributed by atoms with Crippen molar-refractivity contribution in [1.29, 1.82) is 0 Å². The Balaban J connectivity index is 2.88. The molecule has 0 saturated heterocycles. The van der Waals surface area contributed by atoms with Gasteiger partial charge in [-0.05, 0) is 17.9 Å². The summed E-state index contributed by atoms with van der Waals surface area (Å²) in [5.74, 6) is -1.57. The van der Waals surface area contributed by atoms with E-state index in [0.717, 1.165) is 11.3 Å². The van der Waals surface area contributed by atoms with Crippen LogP contribution in [0, 0.1) is 5.92 Å². The smallest absolute Gasteiger partial charge is 0.329 e. The lowest BCUT2D eigenvalue weighted by atomic mass is 10.0. The Morgan fingerprint density at radius 2 is 1.89 bits per heavy atom. The molecule has 1 aromatic carbocycles. The first-order valence-corrected chi connectivity index (χ1v) is 5.72. The van der Waals surface area contributed by atoms with E-state index in [4.69, 9.17) is 5.73 Å². The van der Waals surface area contributed by atoms with Gasteiger partial charge in [0.25, 0.3) is 0 Å². The molecule has 0 atom stereocenters. The van der Waals surface area contributed by atoms with E-state index < -0.39 is 11.8 Å². The van der Waals surface area contributed by atoms with Crippen molar-refractivity contribution in [2.24, 2.45) is 16.8 Å². The Hall–Kier alpha value is -2.17. The third-order valence-electron chi connectivity index (χ3n) is 2.22. The monoisotopic (exact) mass is 247 g/mol. The molecule has 18 heavy (non-hydrogen) atoms. The van der Waals surface area contributed by atoms with Gasteiger partial charge in [0.1, 0.15) is 0 Å². The van der Waals surface area contributed by atoms with Gasteiger partial charge in [-0.25, -0.2) is 5.43 Å². The van der Waals surface area contributed by atoms with Crippen molar-refractivity contribution in [2.75, 3.05) is 0 Å². The van der Waals surface area contributed by atoms with E-state index in [9.17, 15) is 9.59 Å². The highest BCUT2D eigenvalue weighted by molar-refractivity contribution is 6.34. The zero-order valence-electron chi connectivity index (χ0n) is 10.5. The molecule has 0 spiro atoms. The summed E-state index contributed by atoms with van der Waals surface area (Å²) in [6.45, 7) is 4.10. The van der Waals surface area contributed by atoms with Crippen LogP contribution in [0.1, 0.15) is 25.8 Å². The Morgan fingerprint density at radius 3 is 2.39 bits per heavy atom. The minimum atomic E-state index is -1.05. The van der Waals surface area contributed by atoms with E-state index in [0.29, 0.717) is 12.3 Å². The number of primary amides is 1. The number of amides is 2. The van der Waals surface area contributed by atoms with E-state index in [1.165, 1.54) is 0 Å². The van der Waals surface area contributed by atoms with Crippen LogP contribution in [0.4, 0.5) is 0 Å². The van der Waals surface area contributed by atoms with Crippen LogP contribution in [-0.2, 0) is 9.59 Å². The summed E-state index contributed by atoms with van der Waals surface area (Å²) >= 11 is 0. The molecular weight excluding hydrogens is 230 g/mol. The summed E-state index contributed by atoms with van der Waals surface area (Å²) in [7, 11) is 0. The predicted molar refractivity (Wildman–Crippen MR) is 69.8 cm³/mol. The molecule has 3 N–H and O–H groups in total. The lowest BCUT2D eigenvalue weighted by Crippen LogP contribution is -2.33. The van der Waals surface area contributed by atoms with Crippen LogP contribution in [0.3, 0.4) is 0 Å². The van der Waals surface area contributed by atoms with Gasteiger partial charge in [-0.1, -0.05) is 44.2 Å². The average Bonchev–Trinajstić information content (AvgIpc) is 2.34.